The summed E-state index contributed by atoms with van der Waals surface area (Å²) in [7, 11) is -3.71. The number of benzene rings is 2. The van der Waals surface area contributed by atoms with Gasteiger partial charge in [0.15, 0.2) is 0 Å². The fraction of sp³-hybridized carbons (Fsp3) is 0.448. The summed E-state index contributed by atoms with van der Waals surface area (Å²) in [6, 6.07) is 11.8. The van der Waals surface area contributed by atoms with Crippen LogP contribution in [-0.4, -0.2) is 83.5 Å². The number of hydrogen-bond donors (Lipinski definition) is 1. The van der Waals surface area contributed by atoms with Crippen molar-refractivity contribution in [2.24, 2.45) is 0 Å². The Morgan fingerprint density at radius 1 is 0.850 bits per heavy atom. The Morgan fingerprint density at radius 2 is 1.43 bits per heavy atom. The van der Waals surface area contributed by atoms with Crippen molar-refractivity contribution < 1.29 is 32.7 Å². The van der Waals surface area contributed by atoms with Gasteiger partial charge in [-0.25, -0.2) is 13.2 Å². The third kappa shape index (κ3) is 5.40. The van der Waals surface area contributed by atoms with Crippen LogP contribution in [0.4, 0.5) is 0 Å². The van der Waals surface area contributed by atoms with Gasteiger partial charge in [-0.1, -0.05) is 43.5 Å². The van der Waals surface area contributed by atoms with E-state index in [2.05, 4.69) is 0 Å². The molecule has 3 aliphatic rings. The van der Waals surface area contributed by atoms with Gasteiger partial charge in [0, 0.05) is 32.6 Å². The number of carbonyl (C=O) groups excluding carboxylic acids is 3. The first kappa shape index (κ1) is 28.0. The molecule has 212 valence electrons. The molecule has 2 fully saturated rings. The molecule has 0 bridgehead atoms. The Labute approximate surface area is 233 Å². The van der Waals surface area contributed by atoms with Crippen LogP contribution in [0.5, 0.6) is 0 Å². The highest BCUT2D eigenvalue weighted by molar-refractivity contribution is 7.89. The molecule has 2 heterocycles. The average Bonchev–Trinajstić information content (AvgIpc) is 3.23. The van der Waals surface area contributed by atoms with Crippen molar-refractivity contribution in [3.8, 4) is 0 Å². The number of carboxylic acids is 1. The number of piperazine rings is 1. The Bertz CT molecular complexity index is 1370. The number of imide groups is 1. The molecular formula is C29H33N3O7S. The topological polar surface area (TPSA) is 132 Å². The summed E-state index contributed by atoms with van der Waals surface area (Å²) < 4.78 is 27.8. The summed E-state index contributed by atoms with van der Waals surface area (Å²) in [6.07, 6.45) is 5.50. The van der Waals surface area contributed by atoms with Crippen molar-refractivity contribution in [1.29, 1.82) is 0 Å². The molecule has 2 aromatic carbocycles. The Balaban J connectivity index is 1.16. The van der Waals surface area contributed by atoms with E-state index < -0.39 is 33.8 Å². The van der Waals surface area contributed by atoms with E-state index in [1.807, 2.05) is 12.1 Å². The van der Waals surface area contributed by atoms with Crippen molar-refractivity contribution in [2.45, 2.75) is 61.8 Å². The van der Waals surface area contributed by atoms with Crippen molar-refractivity contribution in [2.75, 3.05) is 26.2 Å². The first-order valence-corrected chi connectivity index (χ1v) is 15.2. The number of aliphatic carboxylic acids is 1. The molecule has 1 saturated carbocycles. The Morgan fingerprint density at radius 3 is 1.98 bits per heavy atom. The van der Waals surface area contributed by atoms with E-state index in [1.54, 1.807) is 24.3 Å². The molecule has 2 aromatic rings. The number of nitrogens with zero attached hydrogens (tertiary/aromatic N) is 3. The van der Waals surface area contributed by atoms with Gasteiger partial charge in [-0.2, -0.15) is 4.31 Å². The normalized spacial score (nSPS) is 19.5. The van der Waals surface area contributed by atoms with E-state index in [-0.39, 0.29) is 61.0 Å². The smallest absolute Gasteiger partial charge is 0.326 e. The van der Waals surface area contributed by atoms with Crippen molar-refractivity contribution >= 4 is 33.7 Å². The molecule has 1 N–H and O–H groups in total. The van der Waals surface area contributed by atoms with Gasteiger partial charge in [0.1, 0.15) is 6.04 Å². The van der Waals surface area contributed by atoms with E-state index >= 15 is 0 Å². The summed E-state index contributed by atoms with van der Waals surface area (Å²) in [4.78, 5) is 52.8. The van der Waals surface area contributed by atoms with Crippen LogP contribution in [0.25, 0.3) is 0 Å². The van der Waals surface area contributed by atoms with Gasteiger partial charge in [0.25, 0.3) is 11.8 Å². The van der Waals surface area contributed by atoms with E-state index in [1.165, 1.54) is 46.2 Å². The third-order valence-electron chi connectivity index (χ3n) is 8.24. The van der Waals surface area contributed by atoms with Crippen LogP contribution in [-0.2, 0) is 19.6 Å². The summed E-state index contributed by atoms with van der Waals surface area (Å²) in [5.74, 6) is -2.61. The molecule has 11 heteroatoms. The minimum atomic E-state index is -3.71. The maximum atomic E-state index is 13.2. The molecular weight excluding hydrogens is 534 g/mol. The molecule has 3 amide bonds. The number of sulfonamides is 1. The molecule has 0 unspecified atom stereocenters. The number of rotatable bonds is 8. The molecule has 0 radical (unpaired) electrons. The van der Waals surface area contributed by atoms with Gasteiger partial charge in [-0.3, -0.25) is 19.3 Å². The van der Waals surface area contributed by atoms with Crippen molar-refractivity contribution in [1.82, 2.24) is 14.1 Å². The molecule has 2 aliphatic heterocycles. The fourth-order valence-electron chi connectivity index (χ4n) is 5.95. The predicted octanol–water partition coefficient (Wildman–Crippen LogP) is 3.10. The molecule has 10 nitrogen and oxygen atoms in total. The monoisotopic (exact) mass is 567 g/mol. The van der Waals surface area contributed by atoms with Crippen LogP contribution in [0.1, 0.15) is 77.1 Å². The van der Waals surface area contributed by atoms with Gasteiger partial charge in [-0.15, -0.1) is 0 Å². The van der Waals surface area contributed by atoms with Gasteiger partial charge in [0.05, 0.1) is 16.0 Å². The molecule has 0 spiro atoms. The minimum Gasteiger partial charge on any atom is -0.480 e. The second-order valence-corrected chi connectivity index (χ2v) is 12.5. The largest absolute Gasteiger partial charge is 0.480 e. The molecule has 0 aromatic heterocycles. The zero-order valence-corrected chi connectivity index (χ0v) is 23.0. The number of hydrogen-bond acceptors (Lipinski definition) is 6. The standard InChI is InChI=1S/C29H33N3O7S/c33-26(15-14-25(29(36)37)32-27(34)23-8-4-5-9-24(23)28(32)35)30-16-18-31(19-17-30)40(38,39)22-12-10-21(11-13-22)20-6-2-1-3-7-20/h4-5,8-13,20,25H,1-3,6-7,14-19H2,(H,36,37)/t25-/m0/s1. The molecule has 1 aliphatic carbocycles. The Kier molecular flexibility index (Phi) is 8.04. The number of fused-ring (bicyclic) bond motifs is 1. The highest BCUT2D eigenvalue weighted by Crippen LogP contribution is 2.33. The number of carbonyl (C=O) groups is 4. The SMILES string of the molecule is O=C(O)[C@H](CCC(=O)N1CCN(S(=O)(=O)c2ccc(C3CCCCC3)cc2)CC1)N1C(=O)c2ccccc2C1=O. The lowest BCUT2D eigenvalue weighted by molar-refractivity contribution is -0.142. The summed E-state index contributed by atoms with van der Waals surface area (Å²) in [5, 5.41) is 9.75. The first-order valence-electron chi connectivity index (χ1n) is 13.8. The van der Waals surface area contributed by atoms with E-state index in [0.717, 1.165) is 12.8 Å². The quantitative estimate of drug-likeness (QED) is 0.485. The van der Waals surface area contributed by atoms with Crippen LogP contribution in [0, 0.1) is 0 Å². The van der Waals surface area contributed by atoms with Gasteiger partial charge < -0.3 is 10.0 Å². The van der Waals surface area contributed by atoms with E-state index in [4.69, 9.17) is 0 Å². The maximum absolute atomic E-state index is 13.2. The number of carboxylic acid groups (broad SMARTS) is 1. The summed E-state index contributed by atoms with van der Waals surface area (Å²) in [6.45, 7) is 0.588. The first-order chi connectivity index (χ1) is 19.2. The minimum absolute atomic E-state index is 0.124. The van der Waals surface area contributed by atoms with Gasteiger partial charge in [-0.05, 0) is 55.0 Å². The van der Waals surface area contributed by atoms with Crippen LogP contribution in [0.15, 0.2) is 53.4 Å². The Hall–Kier alpha value is -3.57. The highest BCUT2D eigenvalue weighted by atomic mass is 32.2. The van der Waals surface area contributed by atoms with Gasteiger partial charge in [0.2, 0.25) is 15.9 Å². The predicted molar refractivity (Wildman–Crippen MR) is 145 cm³/mol. The lowest BCUT2D eigenvalue weighted by atomic mass is 9.84. The third-order valence-corrected chi connectivity index (χ3v) is 10.2. The molecule has 40 heavy (non-hydrogen) atoms. The van der Waals surface area contributed by atoms with Crippen molar-refractivity contribution in [3.63, 3.8) is 0 Å². The van der Waals surface area contributed by atoms with Gasteiger partial charge >= 0.3 is 5.97 Å². The average molecular weight is 568 g/mol. The number of amides is 3. The summed E-state index contributed by atoms with van der Waals surface area (Å²) in [5.41, 5.74) is 1.46. The van der Waals surface area contributed by atoms with Crippen LogP contribution < -0.4 is 0 Å². The highest BCUT2D eigenvalue weighted by Gasteiger charge is 2.43. The van der Waals surface area contributed by atoms with E-state index in [0.29, 0.717) is 10.8 Å². The van der Waals surface area contributed by atoms with Crippen LogP contribution in [0.2, 0.25) is 0 Å². The molecule has 1 atom stereocenters. The fourth-order valence-corrected chi connectivity index (χ4v) is 7.37. The zero-order chi connectivity index (χ0) is 28.4. The van der Waals surface area contributed by atoms with E-state index in [9.17, 15) is 32.7 Å². The lowest BCUT2D eigenvalue weighted by Crippen LogP contribution is -2.51. The second-order valence-electron chi connectivity index (χ2n) is 10.6. The maximum Gasteiger partial charge on any atom is 0.326 e. The summed E-state index contributed by atoms with van der Waals surface area (Å²) >= 11 is 0. The lowest BCUT2D eigenvalue weighted by Gasteiger charge is -2.34. The van der Waals surface area contributed by atoms with Crippen LogP contribution in [0.3, 0.4) is 0 Å². The second kappa shape index (κ2) is 11.5. The zero-order valence-electron chi connectivity index (χ0n) is 22.2. The molecule has 1 saturated heterocycles. The molecule has 5 rings (SSSR count). The van der Waals surface area contributed by atoms with Crippen LogP contribution >= 0.6 is 0 Å². The van der Waals surface area contributed by atoms with Crippen molar-refractivity contribution in [3.05, 3.63) is 65.2 Å².